The smallest absolute Gasteiger partial charge is 0.0286 e. The number of unbranched alkanes of at least 4 members (excludes halogenated alkanes) is 6. The van der Waals surface area contributed by atoms with Gasteiger partial charge in [0.05, 0.1) is 0 Å². The van der Waals surface area contributed by atoms with Crippen molar-refractivity contribution in [1.29, 1.82) is 0 Å². The molecule has 5 aliphatic carbocycles. The van der Waals surface area contributed by atoms with E-state index in [0.717, 1.165) is 17.8 Å². The van der Waals surface area contributed by atoms with Crippen LogP contribution in [0.2, 0.25) is 0 Å². The molecule has 6 unspecified atom stereocenters. The second kappa shape index (κ2) is 5.50. The Labute approximate surface area is 125 Å². The van der Waals surface area contributed by atoms with Crippen molar-refractivity contribution in [2.45, 2.75) is 77.6 Å². The Balaban J connectivity index is 1.18. The van der Waals surface area contributed by atoms with Gasteiger partial charge in [-0.05, 0) is 67.6 Å². The second-order valence-corrected chi connectivity index (χ2v) is 8.22. The first kappa shape index (κ1) is 13.4. The van der Waals surface area contributed by atoms with Gasteiger partial charge in [-0.15, -0.1) is 0 Å². The van der Waals surface area contributed by atoms with Gasteiger partial charge in [0, 0.05) is 0 Å². The Morgan fingerprint density at radius 2 is 1.60 bits per heavy atom. The van der Waals surface area contributed by atoms with Crippen LogP contribution < -0.4 is 0 Å². The van der Waals surface area contributed by atoms with E-state index in [1.54, 1.807) is 6.42 Å². The summed E-state index contributed by atoms with van der Waals surface area (Å²) in [6, 6.07) is 0. The largest absolute Gasteiger partial charge is 0.0850 e. The van der Waals surface area contributed by atoms with Gasteiger partial charge in [0.25, 0.3) is 0 Å². The van der Waals surface area contributed by atoms with Crippen molar-refractivity contribution in [3.63, 3.8) is 0 Å². The maximum atomic E-state index is 2.69. The average Bonchev–Trinajstić information content (AvgIpc) is 2.75. The van der Waals surface area contributed by atoms with Crippen molar-refractivity contribution < 1.29 is 0 Å². The van der Waals surface area contributed by atoms with Crippen molar-refractivity contribution >= 4 is 0 Å². The van der Waals surface area contributed by atoms with E-state index in [4.69, 9.17) is 0 Å². The highest BCUT2D eigenvalue weighted by Gasteiger charge is 2.72. The van der Waals surface area contributed by atoms with Gasteiger partial charge in [-0.1, -0.05) is 57.1 Å². The monoisotopic (exact) mass is 272 g/mol. The maximum absolute atomic E-state index is 2.69. The third-order valence-corrected chi connectivity index (χ3v) is 7.20. The van der Waals surface area contributed by atoms with Gasteiger partial charge in [-0.3, -0.25) is 0 Å². The molecular formula is C20H32. The zero-order valence-corrected chi connectivity index (χ0v) is 13.3. The van der Waals surface area contributed by atoms with Crippen molar-refractivity contribution in [3.8, 4) is 0 Å². The van der Waals surface area contributed by atoms with Gasteiger partial charge in [0.1, 0.15) is 0 Å². The SMILES string of the molecule is CCCCCCCCCC1=CCC2C3CC4C2C4C3C1. The maximum Gasteiger partial charge on any atom is -0.0286 e. The molecule has 0 aliphatic heterocycles. The van der Waals surface area contributed by atoms with Crippen LogP contribution in [0.5, 0.6) is 0 Å². The lowest BCUT2D eigenvalue weighted by Gasteiger charge is -2.17. The standard InChI is InChI=1S/C20H32/c1-2-3-4-5-6-7-8-9-14-10-11-15-16-13-18-19(15)20(18)17(16)12-14/h10,15-20H,2-9,11-13H2,1H3. The van der Waals surface area contributed by atoms with Crippen LogP contribution in [0.15, 0.2) is 11.6 Å². The first-order valence-corrected chi connectivity index (χ1v) is 9.58. The molecule has 0 saturated heterocycles. The molecule has 0 heteroatoms. The Bertz CT molecular complexity index is 379. The molecule has 6 atom stereocenters. The summed E-state index contributed by atoms with van der Waals surface area (Å²) in [4.78, 5) is 0. The predicted octanol–water partition coefficient (Wildman–Crippen LogP) is 5.98. The fourth-order valence-electron chi connectivity index (χ4n) is 6.32. The lowest BCUT2D eigenvalue weighted by Crippen LogP contribution is -2.09. The number of hydrogen-bond donors (Lipinski definition) is 0. The van der Waals surface area contributed by atoms with E-state index in [1.165, 1.54) is 82.0 Å². The van der Waals surface area contributed by atoms with Crippen LogP contribution in [0.25, 0.3) is 0 Å². The molecule has 0 aromatic rings. The molecule has 0 spiro atoms. The van der Waals surface area contributed by atoms with E-state index >= 15 is 0 Å². The molecule has 0 nitrogen and oxygen atoms in total. The zero-order valence-electron chi connectivity index (χ0n) is 13.3. The van der Waals surface area contributed by atoms with Crippen molar-refractivity contribution in [1.82, 2.24) is 0 Å². The Morgan fingerprint density at radius 1 is 0.850 bits per heavy atom. The molecule has 4 fully saturated rings. The van der Waals surface area contributed by atoms with Gasteiger partial charge in [-0.2, -0.15) is 0 Å². The van der Waals surface area contributed by atoms with Crippen molar-refractivity contribution in [2.24, 2.45) is 35.5 Å². The minimum Gasteiger partial charge on any atom is -0.0850 e. The molecule has 112 valence electrons. The van der Waals surface area contributed by atoms with Crippen LogP contribution >= 0.6 is 0 Å². The molecule has 0 N–H and O–H groups in total. The molecule has 5 aliphatic rings. The van der Waals surface area contributed by atoms with Crippen LogP contribution in [0.1, 0.15) is 77.6 Å². The average molecular weight is 272 g/mol. The third-order valence-electron chi connectivity index (χ3n) is 7.20. The molecule has 0 amide bonds. The molecule has 20 heavy (non-hydrogen) atoms. The van der Waals surface area contributed by atoms with Gasteiger partial charge >= 0.3 is 0 Å². The van der Waals surface area contributed by atoms with Gasteiger partial charge in [0.2, 0.25) is 0 Å². The summed E-state index contributed by atoms with van der Waals surface area (Å²) in [5, 5.41) is 0. The summed E-state index contributed by atoms with van der Waals surface area (Å²) in [6.45, 7) is 2.31. The minimum absolute atomic E-state index is 1.14. The van der Waals surface area contributed by atoms with Crippen LogP contribution in [-0.2, 0) is 0 Å². The predicted molar refractivity (Wildman–Crippen MR) is 85.5 cm³/mol. The summed E-state index contributed by atoms with van der Waals surface area (Å²) >= 11 is 0. The second-order valence-electron chi connectivity index (χ2n) is 8.22. The van der Waals surface area contributed by atoms with Gasteiger partial charge < -0.3 is 0 Å². The van der Waals surface area contributed by atoms with Crippen LogP contribution in [0.4, 0.5) is 0 Å². The molecule has 0 heterocycles. The molecule has 5 rings (SSSR count). The number of hydrogen-bond acceptors (Lipinski definition) is 0. The van der Waals surface area contributed by atoms with Crippen molar-refractivity contribution in [3.05, 3.63) is 11.6 Å². The Hall–Kier alpha value is -0.260. The minimum atomic E-state index is 1.14. The molecule has 6 bridgehead atoms. The highest BCUT2D eigenvalue weighted by Crippen LogP contribution is 2.78. The van der Waals surface area contributed by atoms with Crippen LogP contribution in [-0.4, -0.2) is 0 Å². The lowest BCUT2D eigenvalue weighted by atomic mass is 9.88. The van der Waals surface area contributed by atoms with E-state index in [-0.39, 0.29) is 0 Å². The summed E-state index contributed by atoms with van der Waals surface area (Å²) < 4.78 is 0. The van der Waals surface area contributed by atoms with E-state index < -0.39 is 0 Å². The van der Waals surface area contributed by atoms with Crippen molar-refractivity contribution in [2.75, 3.05) is 0 Å². The Kier molecular flexibility index (Phi) is 3.69. The fraction of sp³-hybridized carbons (Fsp3) is 0.900. The van der Waals surface area contributed by atoms with Gasteiger partial charge in [-0.25, -0.2) is 0 Å². The molecule has 4 saturated carbocycles. The van der Waals surface area contributed by atoms with E-state index in [9.17, 15) is 0 Å². The van der Waals surface area contributed by atoms with E-state index in [2.05, 4.69) is 13.0 Å². The molecular weight excluding hydrogens is 240 g/mol. The first-order chi connectivity index (χ1) is 9.90. The van der Waals surface area contributed by atoms with Gasteiger partial charge in [0.15, 0.2) is 0 Å². The van der Waals surface area contributed by atoms with Crippen LogP contribution in [0.3, 0.4) is 0 Å². The van der Waals surface area contributed by atoms with E-state index in [0.29, 0.717) is 0 Å². The molecule has 0 radical (unpaired) electrons. The Morgan fingerprint density at radius 3 is 2.40 bits per heavy atom. The molecule has 0 aromatic carbocycles. The first-order valence-electron chi connectivity index (χ1n) is 9.58. The normalized spacial score (nSPS) is 43.5. The van der Waals surface area contributed by atoms with Crippen LogP contribution in [0, 0.1) is 35.5 Å². The topological polar surface area (TPSA) is 0 Å². The summed E-state index contributed by atoms with van der Waals surface area (Å²) in [5.74, 6) is 7.08. The fourth-order valence-corrected chi connectivity index (χ4v) is 6.32. The summed E-state index contributed by atoms with van der Waals surface area (Å²) in [6.07, 6.45) is 18.9. The molecule has 0 aromatic heterocycles. The zero-order chi connectivity index (χ0) is 13.5. The van der Waals surface area contributed by atoms with E-state index in [1.807, 2.05) is 5.57 Å². The third kappa shape index (κ3) is 2.18. The summed E-state index contributed by atoms with van der Waals surface area (Å²) in [5.41, 5.74) is 1.86. The highest BCUT2D eigenvalue weighted by atomic mass is 14.8. The lowest BCUT2D eigenvalue weighted by molar-refractivity contribution is 0.344. The number of allylic oxidation sites excluding steroid dienone is 2. The summed E-state index contributed by atoms with van der Waals surface area (Å²) in [7, 11) is 0. The quantitative estimate of drug-likeness (QED) is 0.377. The highest BCUT2D eigenvalue weighted by molar-refractivity contribution is 5.25. The number of rotatable bonds is 8.